The Morgan fingerprint density at radius 2 is 1.73 bits per heavy atom. The zero-order valence-corrected chi connectivity index (χ0v) is 20.8. The molecule has 0 aliphatic carbocycles. The highest BCUT2D eigenvalue weighted by Gasteiger charge is 2.25. The molecule has 0 saturated carbocycles. The highest BCUT2D eigenvalue weighted by atomic mass is 127. The number of carbonyl (C=O) groups excluding carboxylic acids is 1. The van der Waals surface area contributed by atoms with Crippen LogP contribution in [0.1, 0.15) is 82.3 Å². The zero-order chi connectivity index (χ0) is 22.1. The first-order valence-corrected chi connectivity index (χ1v) is 11.9. The van der Waals surface area contributed by atoms with Crippen molar-refractivity contribution >= 4 is 28.5 Å². The first-order chi connectivity index (χ1) is 14.4. The lowest BCUT2D eigenvalue weighted by molar-refractivity contribution is 0.0918. The van der Waals surface area contributed by atoms with Crippen molar-refractivity contribution < 1.29 is 18.8 Å². The van der Waals surface area contributed by atoms with E-state index in [9.17, 15) is 4.79 Å². The summed E-state index contributed by atoms with van der Waals surface area (Å²) in [6.45, 7) is 12.2. The van der Waals surface area contributed by atoms with Gasteiger partial charge in [0.25, 0.3) is 5.91 Å². The molecule has 1 N–H and O–H groups in total. The first-order valence-electron chi connectivity index (χ1n) is 10.8. The second-order valence-corrected chi connectivity index (χ2v) is 8.56. The maximum atomic E-state index is 12.3. The second-order valence-electron chi connectivity index (χ2n) is 7.48. The quantitative estimate of drug-likeness (QED) is 0.263. The molecule has 0 aliphatic rings. The van der Waals surface area contributed by atoms with Crippen molar-refractivity contribution in [3.8, 4) is 22.8 Å². The van der Waals surface area contributed by atoms with Gasteiger partial charge in [0.1, 0.15) is 17.2 Å². The number of halogens is 1. The summed E-state index contributed by atoms with van der Waals surface area (Å²) in [6, 6.07) is 4.03. The Balaban J connectivity index is 2.53. The monoisotopic (exact) mass is 528 g/mol. The van der Waals surface area contributed by atoms with Crippen LogP contribution in [0.5, 0.6) is 11.5 Å². The number of nitrogens with zero attached hydrogens (tertiary/aromatic N) is 1. The Bertz CT molecular complexity index is 833. The summed E-state index contributed by atoms with van der Waals surface area (Å²) in [5.41, 5.74) is 2.52. The number of aromatic nitrogens is 1. The van der Waals surface area contributed by atoms with Crippen LogP contribution in [0.25, 0.3) is 11.3 Å². The van der Waals surface area contributed by atoms with Crippen molar-refractivity contribution in [1.29, 1.82) is 0 Å². The Morgan fingerprint density at radius 1 is 1.10 bits per heavy atom. The van der Waals surface area contributed by atoms with Crippen LogP contribution in [-0.4, -0.2) is 30.8 Å². The number of benzene rings is 1. The fourth-order valence-corrected chi connectivity index (χ4v) is 3.67. The highest BCUT2D eigenvalue weighted by Crippen LogP contribution is 2.41. The molecule has 2 aromatic rings. The van der Waals surface area contributed by atoms with Crippen LogP contribution in [0, 0.1) is 3.57 Å². The van der Waals surface area contributed by atoms with Crippen LogP contribution in [0.4, 0.5) is 0 Å². The number of amides is 1. The fraction of sp³-hybridized carbons (Fsp3) is 0.565. The van der Waals surface area contributed by atoms with E-state index in [4.69, 9.17) is 14.0 Å². The molecule has 1 aromatic heterocycles. The number of carbonyl (C=O) groups is 1. The molecule has 2 rings (SSSR count). The molecule has 0 bridgehead atoms. The average Bonchev–Trinajstić information content (AvgIpc) is 3.09. The van der Waals surface area contributed by atoms with E-state index in [0.717, 1.165) is 42.6 Å². The average molecular weight is 528 g/mol. The number of hydrogen-bond donors (Lipinski definition) is 1. The molecular formula is C23H33IN2O4. The Morgan fingerprint density at radius 3 is 2.30 bits per heavy atom. The second kappa shape index (κ2) is 12.2. The molecule has 1 amide bonds. The molecule has 0 aliphatic heterocycles. The lowest BCUT2D eigenvalue weighted by Crippen LogP contribution is -2.22. The number of ether oxygens (including phenoxy) is 2. The number of nitrogens with one attached hydrogen (secondary N) is 1. The van der Waals surface area contributed by atoms with Crippen LogP contribution >= 0.6 is 22.6 Å². The van der Waals surface area contributed by atoms with Crippen molar-refractivity contribution in [2.45, 2.75) is 66.2 Å². The molecule has 0 fully saturated rings. The van der Waals surface area contributed by atoms with E-state index in [1.165, 1.54) is 0 Å². The summed E-state index contributed by atoms with van der Waals surface area (Å²) in [5, 5.41) is 6.98. The zero-order valence-electron chi connectivity index (χ0n) is 18.6. The van der Waals surface area contributed by atoms with Gasteiger partial charge in [-0.3, -0.25) is 4.79 Å². The van der Waals surface area contributed by atoms with Crippen molar-refractivity contribution in [2.24, 2.45) is 0 Å². The number of rotatable bonds is 12. The van der Waals surface area contributed by atoms with Crippen LogP contribution in [0.15, 0.2) is 16.7 Å². The van der Waals surface area contributed by atoms with Crippen molar-refractivity contribution in [3.63, 3.8) is 0 Å². The molecular weight excluding hydrogens is 495 g/mol. The van der Waals surface area contributed by atoms with Gasteiger partial charge in [0, 0.05) is 18.2 Å². The maximum Gasteiger partial charge on any atom is 0.291 e. The van der Waals surface area contributed by atoms with E-state index in [-0.39, 0.29) is 17.6 Å². The molecule has 0 unspecified atom stereocenters. The van der Waals surface area contributed by atoms with Crippen LogP contribution in [0.3, 0.4) is 0 Å². The molecule has 0 atom stereocenters. The van der Waals surface area contributed by atoms with Crippen LogP contribution in [0.2, 0.25) is 0 Å². The predicted molar refractivity (Wildman–Crippen MR) is 128 cm³/mol. The van der Waals surface area contributed by atoms with Crippen molar-refractivity contribution in [2.75, 3.05) is 19.8 Å². The van der Waals surface area contributed by atoms with Crippen LogP contribution < -0.4 is 14.8 Å². The third-order valence-electron chi connectivity index (χ3n) is 4.68. The summed E-state index contributed by atoms with van der Waals surface area (Å²) in [7, 11) is 0. The largest absolute Gasteiger partial charge is 0.493 e. The molecule has 30 heavy (non-hydrogen) atoms. The minimum atomic E-state index is -0.266. The van der Waals surface area contributed by atoms with E-state index >= 15 is 0 Å². The standard InChI is InChI=1S/C23H33IN2O4/c1-6-9-11-28-18-14-19(29-12-10-7-2)17(13-16(18)15(4)5)21-20(24)22(30-26-21)23(27)25-8-3/h13-15H,6-12H2,1-5H3,(H,25,27). The molecule has 0 saturated heterocycles. The van der Waals surface area contributed by atoms with E-state index in [1.54, 1.807) is 0 Å². The summed E-state index contributed by atoms with van der Waals surface area (Å²) < 4.78 is 18.3. The van der Waals surface area contributed by atoms with Gasteiger partial charge in [0.2, 0.25) is 5.76 Å². The van der Waals surface area contributed by atoms with E-state index in [0.29, 0.717) is 34.8 Å². The summed E-state index contributed by atoms with van der Waals surface area (Å²) in [4.78, 5) is 12.3. The number of unbranched alkanes of at least 4 members (excludes halogenated alkanes) is 2. The minimum Gasteiger partial charge on any atom is -0.493 e. The van der Waals surface area contributed by atoms with Gasteiger partial charge in [-0.25, -0.2) is 0 Å². The third kappa shape index (κ3) is 6.12. The van der Waals surface area contributed by atoms with Gasteiger partial charge in [-0.1, -0.05) is 45.7 Å². The molecule has 1 heterocycles. The highest BCUT2D eigenvalue weighted by molar-refractivity contribution is 14.1. The Labute approximate surface area is 193 Å². The molecule has 0 radical (unpaired) electrons. The van der Waals surface area contributed by atoms with Gasteiger partial charge in [0.15, 0.2) is 0 Å². The summed E-state index contributed by atoms with van der Waals surface area (Å²) in [6.07, 6.45) is 4.08. The Hall–Kier alpha value is -1.77. The van der Waals surface area contributed by atoms with E-state index in [2.05, 4.69) is 66.8 Å². The molecule has 0 spiro atoms. The lowest BCUT2D eigenvalue weighted by atomic mass is 9.97. The van der Waals surface area contributed by atoms with Gasteiger partial charge < -0.3 is 19.3 Å². The van der Waals surface area contributed by atoms with Gasteiger partial charge in [0.05, 0.1) is 16.8 Å². The fourth-order valence-electron chi connectivity index (χ4n) is 2.94. The Kier molecular flexibility index (Phi) is 9.94. The third-order valence-corrected chi connectivity index (χ3v) is 5.68. The SMILES string of the molecule is CCCCOc1cc(OCCCC)c(C(C)C)cc1-c1noc(C(=O)NCC)c1I. The van der Waals surface area contributed by atoms with Gasteiger partial charge in [-0.05, 0) is 59.9 Å². The number of hydrogen-bond acceptors (Lipinski definition) is 5. The van der Waals surface area contributed by atoms with Gasteiger partial charge in [-0.2, -0.15) is 0 Å². The van der Waals surface area contributed by atoms with Gasteiger partial charge in [-0.15, -0.1) is 0 Å². The topological polar surface area (TPSA) is 73.6 Å². The minimum absolute atomic E-state index is 0.223. The van der Waals surface area contributed by atoms with Crippen molar-refractivity contribution in [3.05, 3.63) is 27.0 Å². The molecule has 7 heteroatoms. The van der Waals surface area contributed by atoms with E-state index < -0.39 is 0 Å². The van der Waals surface area contributed by atoms with Crippen LogP contribution in [-0.2, 0) is 0 Å². The predicted octanol–water partition coefficient (Wildman–Crippen LogP) is 6.18. The molecule has 166 valence electrons. The summed E-state index contributed by atoms with van der Waals surface area (Å²) >= 11 is 2.12. The smallest absolute Gasteiger partial charge is 0.291 e. The first kappa shape index (κ1) is 24.5. The van der Waals surface area contributed by atoms with Crippen molar-refractivity contribution in [1.82, 2.24) is 10.5 Å². The normalized spacial score (nSPS) is 11.0. The van der Waals surface area contributed by atoms with Gasteiger partial charge >= 0.3 is 0 Å². The lowest BCUT2D eigenvalue weighted by Gasteiger charge is -2.19. The van der Waals surface area contributed by atoms with E-state index in [1.807, 2.05) is 13.0 Å². The summed E-state index contributed by atoms with van der Waals surface area (Å²) in [5.74, 6) is 1.76. The molecule has 1 aromatic carbocycles. The molecule has 6 nitrogen and oxygen atoms in total. The maximum absolute atomic E-state index is 12.3.